The number of hydrogen-bond acceptors (Lipinski definition) is 0. The van der Waals surface area contributed by atoms with Crippen LogP contribution in [0.1, 0.15) is 20.8 Å². The van der Waals surface area contributed by atoms with E-state index in [2.05, 4.69) is 41.5 Å². The van der Waals surface area contributed by atoms with E-state index in [1.807, 2.05) is 0 Å². The molecule has 2 heteroatoms. The fourth-order valence-electron chi connectivity index (χ4n) is 0.948. The van der Waals surface area contributed by atoms with Crippen molar-refractivity contribution in [1.82, 2.24) is 0 Å². The van der Waals surface area contributed by atoms with E-state index < -0.39 is 0 Å². The molecule has 0 atom stereocenters. The summed E-state index contributed by atoms with van der Waals surface area (Å²) in [6.45, 7) is 8.64. The van der Waals surface area contributed by atoms with Gasteiger partial charge in [-0.05, 0) is 13.8 Å². The summed E-state index contributed by atoms with van der Waals surface area (Å²) in [5.41, 5.74) is 4.29. The van der Waals surface area contributed by atoms with Gasteiger partial charge in [0.15, 0.2) is 7.28 Å². The molecule has 10 heavy (non-hydrogen) atoms. The van der Waals surface area contributed by atoms with Gasteiger partial charge in [-0.15, -0.1) is 5.47 Å². The van der Waals surface area contributed by atoms with Crippen LogP contribution in [0, 0.1) is 0 Å². The van der Waals surface area contributed by atoms with Gasteiger partial charge in [0.25, 0.3) is 0 Å². The monoisotopic (exact) mass is 134 g/mol. The van der Waals surface area contributed by atoms with Crippen LogP contribution in [-0.2, 0) is 0 Å². The molecule has 0 aliphatic heterocycles. The maximum absolute atomic E-state index is 2.26. The third-order valence-electron chi connectivity index (χ3n) is 1.49. The largest absolute Gasteiger partial charge is 0.153 e. The smallest absolute Gasteiger partial charge is 0.119 e. The minimum Gasteiger partial charge on any atom is -0.119 e. The van der Waals surface area contributed by atoms with Crippen LogP contribution in [0.4, 0.5) is 0 Å². The molecule has 54 valence electrons. The lowest BCUT2D eigenvalue weighted by atomic mass is 9.66. The van der Waals surface area contributed by atoms with Crippen molar-refractivity contribution >= 4 is 15.1 Å². The molecule has 0 saturated heterocycles. The molecule has 0 rings (SSSR count). The van der Waals surface area contributed by atoms with Gasteiger partial charge in [0.05, 0.1) is 0 Å². The Hall–Kier alpha value is -0.390. The van der Waals surface area contributed by atoms with Crippen molar-refractivity contribution in [3.63, 3.8) is 0 Å². The van der Waals surface area contributed by atoms with E-state index in [-0.39, 0.29) is 0 Å². The minimum absolute atomic E-state index is 1.15. The second kappa shape index (κ2) is 4.43. The maximum Gasteiger partial charge on any atom is 0.153 e. The Kier molecular flexibility index (Phi) is 4.26. The summed E-state index contributed by atoms with van der Waals surface area (Å²) in [5.74, 6) is 0. The van der Waals surface area contributed by atoms with E-state index >= 15 is 0 Å². The van der Waals surface area contributed by atoms with Crippen molar-refractivity contribution in [3.05, 3.63) is 22.6 Å². The Morgan fingerprint density at radius 2 is 1.80 bits per heavy atom. The van der Waals surface area contributed by atoms with Crippen molar-refractivity contribution in [2.24, 2.45) is 0 Å². The van der Waals surface area contributed by atoms with E-state index in [0.29, 0.717) is 0 Å². The molecular weight excluding hydrogens is 118 g/mol. The molecule has 0 bridgehead atoms. The van der Waals surface area contributed by atoms with Gasteiger partial charge >= 0.3 is 0 Å². The molecule has 0 heterocycles. The SMILES string of the molecule is B/C(C)=C(\BC)C=C(C)C. The average molecular weight is 134 g/mol. The van der Waals surface area contributed by atoms with Gasteiger partial charge in [-0.25, -0.2) is 0 Å². The zero-order valence-corrected chi connectivity index (χ0v) is 7.78. The normalized spacial score (nSPS) is 12.0. The van der Waals surface area contributed by atoms with Crippen LogP contribution in [-0.4, -0.2) is 15.1 Å². The highest BCUT2D eigenvalue weighted by Gasteiger charge is 1.91. The Bertz CT molecular complexity index is 158. The fourth-order valence-corrected chi connectivity index (χ4v) is 0.948. The third kappa shape index (κ3) is 3.60. The van der Waals surface area contributed by atoms with Crippen LogP contribution in [0.15, 0.2) is 22.6 Å². The zero-order valence-electron chi connectivity index (χ0n) is 7.78. The molecule has 0 aromatic heterocycles. The lowest BCUT2D eigenvalue weighted by Gasteiger charge is -2.00. The van der Waals surface area contributed by atoms with Crippen LogP contribution >= 0.6 is 0 Å². The zero-order chi connectivity index (χ0) is 8.15. The number of rotatable bonds is 2. The molecule has 0 saturated carbocycles. The van der Waals surface area contributed by atoms with Crippen LogP contribution in [0.2, 0.25) is 6.82 Å². The molecule has 0 spiro atoms. The summed E-state index contributed by atoms with van der Waals surface area (Å²) in [6.07, 6.45) is 2.26. The van der Waals surface area contributed by atoms with Crippen LogP contribution in [0.25, 0.3) is 0 Å². The first kappa shape index (κ1) is 9.61. The molecule has 0 aromatic carbocycles. The summed E-state index contributed by atoms with van der Waals surface area (Å²) in [5, 5.41) is 0. The summed E-state index contributed by atoms with van der Waals surface area (Å²) < 4.78 is 0. The average Bonchev–Trinajstić information content (AvgIpc) is 1.81. The van der Waals surface area contributed by atoms with E-state index in [0.717, 1.165) is 7.28 Å². The molecule has 0 nitrogen and oxygen atoms in total. The second-order valence-electron chi connectivity index (χ2n) is 3.10. The van der Waals surface area contributed by atoms with Gasteiger partial charge < -0.3 is 0 Å². The molecule has 0 aliphatic rings. The molecule has 0 unspecified atom stereocenters. The standard InChI is InChI=1S/C8H16B2/c1-6(2)5-8(10-4)7(3)9/h5,10H,9H2,1-4H3/b8-7-. The molecular formula is C8H16B2. The molecule has 0 aromatic rings. The predicted octanol–water partition coefficient (Wildman–Crippen LogP) is 1.30. The van der Waals surface area contributed by atoms with E-state index in [9.17, 15) is 0 Å². The molecule has 0 amide bonds. The first-order chi connectivity index (χ1) is 4.57. The van der Waals surface area contributed by atoms with Crippen LogP contribution in [0.5, 0.6) is 0 Å². The van der Waals surface area contributed by atoms with E-state index in [4.69, 9.17) is 0 Å². The fraction of sp³-hybridized carbons (Fsp3) is 0.500. The molecule has 0 N–H and O–H groups in total. The van der Waals surface area contributed by atoms with Crippen molar-refractivity contribution in [3.8, 4) is 0 Å². The van der Waals surface area contributed by atoms with E-state index in [1.54, 1.807) is 0 Å². The summed E-state index contributed by atoms with van der Waals surface area (Å²) in [7, 11) is 3.31. The molecule has 0 aliphatic carbocycles. The van der Waals surface area contributed by atoms with Gasteiger partial charge in [0.2, 0.25) is 0 Å². The minimum atomic E-state index is 1.15. The van der Waals surface area contributed by atoms with Crippen LogP contribution in [0.3, 0.4) is 0 Å². The highest BCUT2D eigenvalue weighted by Crippen LogP contribution is 2.03. The van der Waals surface area contributed by atoms with Crippen molar-refractivity contribution < 1.29 is 0 Å². The van der Waals surface area contributed by atoms with Crippen molar-refractivity contribution in [2.45, 2.75) is 27.6 Å². The second-order valence-corrected chi connectivity index (χ2v) is 3.10. The third-order valence-corrected chi connectivity index (χ3v) is 1.49. The highest BCUT2D eigenvalue weighted by atomic mass is 13.8. The maximum atomic E-state index is 2.26. The van der Waals surface area contributed by atoms with Crippen molar-refractivity contribution in [2.75, 3.05) is 0 Å². The first-order valence-electron chi connectivity index (χ1n) is 3.89. The van der Waals surface area contributed by atoms with E-state index in [1.165, 1.54) is 16.5 Å². The Morgan fingerprint density at radius 1 is 1.30 bits per heavy atom. The van der Waals surface area contributed by atoms with Crippen LogP contribution < -0.4 is 0 Å². The molecule has 0 fully saturated rings. The molecule has 0 radical (unpaired) electrons. The van der Waals surface area contributed by atoms with Gasteiger partial charge in [-0.3, -0.25) is 0 Å². The van der Waals surface area contributed by atoms with Gasteiger partial charge in [0, 0.05) is 0 Å². The lowest BCUT2D eigenvalue weighted by molar-refractivity contribution is 1.38. The lowest BCUT2D eigenvalue weighted by Crippen LogP contribution is -1.92. The Morgan fingerprint density at radius 3 is 1.90 bits per heavy atom. The summed E-state index contributed by atoms with van der Waals surface area (Å²) >= 11 is 0. The summed E-state index contributed by atoms with van der Waals surface area (Å²) in [6, 6.07) is 0. The Balaban J connectivity index is 4.40. The topological polar surface area (TPSA) is 0 Å². The Labute approximate surface area is 66.1 Å². The number of hydrogen-bond donors (Lipinski definition) is 0. The van der Waals surface area contributed by atoms with Gasteiger partial charge in [-0.1, -0.05) is 30.9 Å². The van der Waals surface area contributed by atoms with Gasteiger partial charge in [-0.2, -0.15) is 0 Å². The summed E-state index contributed by atoms with van der Waals surface area (Å²) in [4.78, 5) is 0. The first-order valence-corrected chi connectivity index (χ1v) is 3.89. The van der Waals surface area contributed by atoms with Gasteiger partial charge in [0.1, 0.15) is 7.85 Å². The number of allylic oxidation sites excluding steroid dienone is 4. The quantitative estimate of drug-likeness (QED) is 0.394. The van der Waals surface area contributed by atoms with Crippen molar-refractivity contribution in [1.29, 1.82) is 0 Å². The predicted molar refractivity (Wildman–Crippen MR) is 53.7 cm³/mol. The highest BCUT2D eigenvalue weighted by molar-refractivity contribution is 6.47.